The summed E-state index contributed by atoms with van der Waals surface area (Å²) in [5.41, 5.74) is 0.313. The zero-order valence-electron chi connectivity index (χ0n) is 14.1. The molecule has 0 radical (unpaired) electrons. The van der Waals surface area contributed by atoms with Crippen molar-refractivity contribution in [2.45, 2.75) is 6.18 Å². The number of hydrogen-bond donors (Lipinski definition) is 0. The van der Waals surface area contributed by atoms with Gasteiger partial charge in [-0.25, -0.2) is 4.98 Å². The Morgan fingerprint density at radius 3 is 2.28 bits per heavy atom. The summed E-state index contributed by atoms with van der Waals surface area (Å²) in [6, 6.07) is 5.98. The summed E-state index contributed by atoms with van der Waals surface area (Å²) in [7, 11) is 0. The molecule has 9 heteroatoms. The molecule has 0 aliphatic carbocycles. The van der Waals surface area contributed by atoms with Gasteiger partial charge in [0.15, 0.2) is 0 Å². The molecule has 0 saturated heterocycles. The first-order valence-corrected chi connectivity index (χ1v) is 11.5. The van der Waals surface area contributed by atoms with Crippen LogP contribution in [0.15, 0.2) is 24.3 Å². The number of nitrogens with zero attached hydrogens (tertiary/aromatic N) is 2. The molecule has 0 amide bonds. The third kappa shape index (κ3) is 5.27. The van der Waals surface area contributed by atoms with Crippen molar-refractivity contribution >= 4 is 51.9 Å². The number of hydrogen-bond acceptors (Lipinski definition) is 6. The Bertz CT molecular complexity index is 707. The average Bonchev–Trinajstić information content (AvgIpc) is 2.57. The van der Waals surface area contributed by atoms with Crippen LogP contribution in [0.1, 0.15) is 5.56 Å². The van der Waals surface area contributed by atoms with Crippen molar-refractivity contribution in [3.8, 4) is 5.88 Å². The normalized spacial score (nSPS) is 11.8. The summed E-state index contributed by atoms with van der Waals surface area (Å²) in [5, 5.41) is 0.0914. The van der Waals surface area contributed by atoms with Crippen LogP contribution in [0.2, 0.25) is 0 Å². The number of alkyl halides is 3. The topological polar surface area (TPSA) is 25.4 Å². The van der Waals surface area contributed by atoms with Gasteiger partial charge in [0.1, 0.15) is 5.94 Å². The van der Waals surface area contributed by atoms with Gasteiger partial charge in [-0.3, -0.25) is 0 Å². The molecular formula is C16H19F3N2OS3. The molecule has 1 heterocycles. The Labute approximate surface area is 158 Å². The standard InChI is InChI=1S/C16H19F3N2OS3/c1-23-8-21(9-24-2)11-4-5-14-12(6-11)13(16(17,18)19)7-15(20-14)22-10-25-3/h4-7H,8-10H2,1-3H3. The molecule has 2 aromatic rings. The van der Waals surface area contributed by atoms with Crippen LogP contribution in [0.25, 0.3) is 10.9 Å². The van der Waals surface area contributed by atoms with Gasteiger partial charge in [0.05, 0.1) is 22.8 Å². The minimum Gasteiger partial charge on any atom is -0.467 e. The predicted octanol–water partition coefficient (Wildman–Crippen LogP) is 5.40. The Hall–Kier alpha value is -0.930. The lowest BCUT2D eigenvalue weighted by molar-refractivity contribution is -0.136. The van der Waals surface area contributed by atoms with Gasteiger partial charge in [-0.05, 0) is 37.0 Å². The maximum atomic E-state index is 13.5. The van der Waals surface area contributed by atoms with Crippen LogP contribution in [0.3, 0.4) is 0 Å². The molecule has 0 aliphatic rings. The summed E-state index contributed by atoms with van der Waals surface area (Å²) >= 11 is 4.62. The van der Waals surface area contributed by atoms with Gasteiger partial charge in [0.25, 0.3) is 0 Å². The van der Waals surface area contributed by atoms with Crippen LogP contribution in [0, 0.1) is 0 Å². The molecule has 2 rings (SSSR count). The Kier molecular flexibility index (Phi) is 7.45. The maximum Gasteiger partial charge on any atom is 0.417 e. The smallest absolute Gasteiger partial charge is 0.417 e. The second-order valence-corrected chi connectivity index (χ2v) is 7.62. The van der Waals surface area contributed by atoms with Gasteiger partial charge >= 0.3 is 6.18 Å². The van der Waals surface area contributed by atoms with E-state index in [0.29, 0.717) is 11.8 Å². The van der Waals surface area contributed by atoms with E-state index in [0.717, 1.165) is 11.8 Å². The number of thioether (sulfide) groups is 3. The Morgan fingerprint density at radius 1 is 1.04 bits per heavy atom. The zero-order valence-corrected chi connectivity index (χ0v) is 16.5. The van der Waals surface area contributed by atoms with Gasteiger partial charge in [-0.15, -0.1) is 35.3 Å². The van der Waals surface area contributed by atoms with Crippen molar-refractivity contribution in [1.82, 2.24) is 4.98 Å². The highest BCUT2D eigenvalue weighted by atomic mass is 32.2. The molecule has 0 saturated carbocycles. The summed E-state index contributed by atoms with van der Waals surface area (Å²) in [6.45, 7) is 0. The lowest BCUT2D eigenvalue weighted by atomic mass is 10.1. The first kappa shape index (κ1) is 20.4. The molecule has 0 bridgehead atoms. The van der Waals surface area contributed by atoms with E-state index in [9.17, 15) is 13.2 Å². The summed E-state index contributed by atoms with van der Waals surface area (Å²) in [5.74, 6) is 1.65. The van der Waals surface area contributed by atoms with E-state index >= 15 is 0 Å². The molecule has 138 valence electrons. The van der Waals surface area contributed by atoms with E-state index in [1.165, 1.54) is 11.8 Å². The minimum atomic E-state index is -4.47. The molecule has 3 nitrogen and oxygen atoms in total. The highest BCUT2D eigenvalue weighted by molar-refractivity contribution is 7.99. The third-order valence-electron chi connectivity index (χ3n) is 3.33. The number of aromatic nitrogens is 1. The summed E-state index contributed by atoms with van der Waals surface area (Å²) in [6.07, 6.45) is 1.27. The van der Waals surface area contributed by atoms with Crippen LogP contribution in [0.5, 0.6) is 5.88 Å². The molecule has 0 aliphatic heterocycles. The first-order valence-electron chi connectivity index (χ1n) is 7.27. The highest BCUT2D eigenvalue weighted by Crippen LogP contribution is 2.38. The fourth-order valence-electron chi connectivity index (χ4n) is 2.31. The monoisotopic (exact) mass is 408 g/mol. The number of pyridine rings is 1. The van der Waals surface area contributed by atoms with Gasteiger partial charge in [-0.2, -0.15) is 13.2 Å². The number of ether oxygens (including phenoxy) is 1. The predicted molar refractivity (Wildman–Crippen MR) is 105 cm³/mol. The van der Waals surface area contributed by atoms with Gasteiger partial charge in [0.2, 0.25) is 5.88 Å². The SMILES string of the molecule is CSCOc1cc(C(F)(F)F)c2cc(N(CSC)CSC)ccc2n1. The van der Waals surface area contributed by atoms with Crippen LogP contribution in [0.4, 0.5) is 18.9 Å². The number of benzene rings is 1. The van der Waals surface area contributed by atoms with Crippen molar-refractivity contribution in [3.05, 3.63) is 29.8 Å². The fourth-order valence-corrected chi connectivity index (χ4v) is 3.77. The number of fused-ring (bicyclic) bond motifs is 1. The van der Waals surface area contributed by atoms with E-state index in [1.54, 1.807) is 41.7 Å². The van der Waals surface area contributed by atoms with Crippen molar-refractivity contribution < 1.29 is 17.9 Å². The van der Waals surface area contributed by atoms with Gasteiger partial charge in [-0.1, -0.05) is 0 Å². The molecule has 1 aromatic heterocycles. The van der Waals surface area contributed by atoms with E-state index in [4.69, 9.17) is 4.74 Å². The van der Waals surface area contributed by atoms with Crippen LogP contribution >= 0.6 is 35.3 Å². The Morgan fingerprint density at radius 2 is 1.72 bits per heavy atom. The number of halogens is 3. The van der Waals surface area contributed by atoms with Crippen molar-refractivity contribution in [3.63, 3.8) is 0 Å². The van der Waals surface area contributed by atoms with Crippen LogP contribution in [-0.2, 0) is 6.18 Å². The maximum absolute atomic E-state index is 13.5. The molecule has 0 fully saturated rings. The van der Waals surface area contributed by atoms with Crippen molar-refractivity contribution in [1.29, 1.82) is 0 Å². The highest BCUT2D eigenvalue weighted by Gasteiger charge is 2.34. The lowest BCUT2D eigenvalue weighted by Gasteiger charge is -2.23. The lowest BCUT2D eigenvalue weighted by Crippen LogP contribution is -2.21. The fraction of sp³-hybridized carbons (Fsp3) is 0.438. The molecule has 0 unspecified atom stereocenters. The first-order chi connectivity index (χ1) is 11.9. The summed E-state index contributed by atoms with van der Waals surface area (Å²) < 4.78 is 45.9. The van der Waals surface area contributed by atoms with E-state index in [1.807, 2.05) is 23.7 Å². The Balaban J connectivity index is 2.55. The van der Waals surface area contributed by atoms with E-state index in [-0.39, 0.29) is 22.7 Å². The molecule has 25 heavy (non-hydrogen) atoms. The van der Waals surface area contributed by atoms with Gasteiger partial charge < -0.3 is 9.64 Å². The van der Waals surface area contributed by atoms with Crippen LogP contribution < -0.4 is 9.64 Å². The quantitative estimate of drug-likeness (QED) is 0.543. The van der Waals surface area contributed by atoms with E-state index < -0.39 is 11.7 Å². The second kappa shape index (κ2) is 9.14. The number of rotatable bonds is 8. The summed E-state index contributed by atoms with van der Waals surface area (Å²) in [4.78, 5) is 6.25. The molecule has 0 atom stereocenters. The average molecular weight is 409 g/mol. The van der Waals surface area contributed by atoms with Crippen LogP contribution in [-0.4, -0.2) is 41.4 Å². The van der Waals surface area contributed by atoms with Crippen molar-refractivity contribution in [2.24, 2.45) is 0 Å². The van der Waals surface area contributed by atoms with Gasteiger partial charge in [0, 0.05) is 17.1 Å². The second-order valence-electron chi connectivity index (χ2n) is 5.13. The molecule has 0 N–H and O–H groups in total. The molecule has 1 aromatic carbocycles. The number of anilines is 1. The zero-order chi connectivity index (χ0) is 18.4. The third-order valence-corrected chi connectivity index (χ3v) is 4.83. The molecular weight excluding hydrogens is 389 g/mol. The largest absolute Gasteiger partial charge is 0.467 e. The molecule has 0 spiro atoms. The van der Waals surface area contributed by atoms with Crippen molar-refractivity contribution in [2.75, 3.05) is 41.4 Å². The minimum absolute atomic E-state index is 0.00740. The van der Waals surface area contributed by atoms with E-state index in [2.05, 4.69) is 4.98 Å².